The van der Waals surface area contributed by atoms with Crippen molar-refractivity contribution < 1.29 is 4.57 Å². The predicted molar refractivity (Wildman–Crippen MR) is 127 cm³/mol. The average Bonchev–Trinajstić information content (AvgIpc) is 3.46. The molecule has 2 aliphatic heterocycles. The zero-order valence-electron chi connectivity index (χ0n) is 18.0. The van der Waals surface area contributed by atoms with Crippen LogP contribution in [0.2, 0.25) is 0 Å². The molecular formula is C30H25N2-. The molecule has 4 atom stereocenters. The summed E-state index contributed by atoms with van der Waals surface area (Å²) in [6.45, 7) is 0. The summed E-state index contributed by atoms with van der Waals surface area (Å²) >= 11 is 0. The van der Waals surface area contributed by atoms with E-state index in [9.17, 15) is 0 Å². The van der Waals surface area contributed by atoms with Crippen LogP contribution in [0.5, 0.6) is 0 Å². The fourth-order valence-electron chi connectivity index (χ4n) is 7.16. The first-order valence-corrected chi connectivity index (χ1v) is 12.1. The van der Waals surface area contributed by atoms with Crippen molar-refractivity contribution in [2.45, 2.75) is 37.6 Å². The van der Waals surface area contributed by atoms with Crippen LogP contribution in [0, 0.1) is 24.1 Å². The minimum absolute atomic E-state index is 0.353. The van der Waals surface area contributed by atoms with Gasteiger partial charge in [-0.05, 0) is 47.7 Å². The van der Waals surface area contributed by atoms with Gasteiger partial charge in [0.25, 0.3) is 0 Å². The number of fused-ring (bicyclic) bond motifs is 8. The van der Waals surface area contributed by atoms with E-state index in [2.05, 4.69) is 94.6 Å². The summed E-state index contributed by atoms with van der Waals surface area (Å²) < 4.78 is 2.47. The zero-order valence-corrected chi connectivity index (χ0v) is 18.0. The molecule has 0 N–H and O–H groups in total. The minimum atomic E-state index is 0.353. The van der Waals surface area contributed by atoms with E-state index in [1.54, 1.807) is 5.56 Å². The van der Waals surface area contributed by atoms with Gasteiger partial charge in [0.1, 0.15) is 17.5 Å². The number of anilines is 2. The van der Waals surface area contributed by atoms with Crippen molar-refractivity contribution in [3.63, 3.8) is 0 Å². The molecule has 3 aromatic rings. The van der Waals surface area contributed by atoms with Crippen LogP contribution >= 0.6 is 0 Å². The molecule has 3 aliphatic carbocycles. The third-order valence-electron chi connectivity index (χ3n) is 8.48. The van der Waals surface area contributed by atoms with Crippen LogP contribution in [-0.4, -0.2) is 6.04 Å². The third-order valence-corrected chi connectivity index (χ3v) is 8.48. The Morgan fingerprint density at radius 1 is 0.938 bits per heavy atom. The number of aromatic nitrogens is 1. The lowest BCUT2D eigenvalue weighted by Crippen LogP contribution is -2.56. The summed E-state index contributed by atoms with van der Waals surface area (Å²) in [6, 6.07) is 22.1. The molecule has 0 spiro atoms. The van der Waals surface area contributed by atoms with Crippen LogP contribution in [0.25, 0.3) is 11.1 Å². The molecule has 156 valence electrons. The summed E-state index contributed by atoms with van der Waals surface area (Å²) in [6.07, 6.45) is 18.4. The Morgan fingerprint density at radius 3 is 2.78 bits per heavy atom. The largest absolute Gasteiger partial charge is 0.399 e. The second-order valence-electron chi connectivity index (χ2n) is 10.00. The zero-order chi connectivity index (χ0) is 20.8. The Balaban J connectivity index is 1.42. The molecule has 2 nitrogen and oxygen atoms in total. The van der Waals surface area contributed by atoms with Gasteiger partial charge in [0, 0.05) is 11.5 Å². The number of hydrogen-bond donors (Lipinski definition) is 0. The van der Waals surface area contributed by atoms with Crippen molar-refractivity contribution in [1.82, 2.24) is 0 Å². The summed E-state index contributed by atoms with van der Waals surface area (Å²) in [7, 11) is 0. The summed E-state index contributed by atoms with van der Waals surface area (Å²) in [4.78, 5) is 2.61. The van der Waals surface area contributed by atoms with Crippen LogP contribution in [0.3, 0.4) is 0 Å². The number of hydrogen-bond acceptors (Lipinski definition) is 1. The molecule has 1 aromatic heterocycles. The van der Waals surface area contributed by atoms with Gasteiger partial charge in [0.15, 0.2) is 0 Å². The maximum absolute atomic E-state index is 3.88. The van der Waals surface area contributed by atoms with Crippen LogP contribution in [-0.2, 0) is 6.42 Å². The maximum atomic E-state index is 3.88. The SMILES string of the molecule is [c-]1c(-c2ccccc2)ccc2[n+]1[C-]1c3c(ccc4c3N2C2C=CC=CC42)CC2CCCC12. The van der Waals surface area contributed by atoms with Crippen molar-refractivity contribution in [3.05, 3.63) is 108 Å². The second kappa shape index (κ2) is 6.16. The van der Waals surface area contributed by atoms with Gasteiger partial charge in [-0.1, -0.05) is 67.8 Å². The van der Waals surface area contributed by atoms with Crippen molar-refractivity contribution in [3.8, 4) is 11.1 Å². The molecule has 8 rings (SSSR count). The molecule has 0 bridgehead atoms. The van der Waals surface area contributed by atoms with Crippen LogP contribution < -0.4 is 9.47 Å². The Kier molecular flexibility index (Phi) is 3.33. The van der Waals surface area contributed by atoms with Gasteiger partial charge in [-0.25, -0.2) is 0 Å². The first-order chi connectivity index (χ1) is 15.9. The number of rotatable bonds is 1. The van der Waals surface area contributed by atoms with Gasteiger partial charge < -0.3 is 4.57 Å². The molecular weight excluding hydrogens is 388 g/mol. The molecule has 1 saturated carbocycles. The van der Waals surface area contributed by atoms with Crippen molar-refractivity contribution in [2.24, 2.45) is 11.8 Å². The van der Waals surface area contributed by atoms with Gasteiger partial charge in [-0.3, -0.25) is 4.90 Å². The highest BCUT2D eigenvalue weighted by atomic mass is 15.3. The summed E-state index contributed by atoms with van der Waals surface area (Å²) in [5.74, 6) is 3.14. The molecule has 0 radical (unpaired) electrons. The van der Waals surface area contributed by atoms with Gasteiger partial charge in [0.2, 0.25) is 0 Å². The minimum Gasteiger partial charge on any atom is -0.399 e. The highest BCUT2D eigenvalue weighted by Gasteiger charge is 2.50. The Hall–Kier alpha value is -3.26. The lowest BCUT2D eigenvalue weighted by Gasteiger charge is -2.48. The van der Waals surface area contributed by atoms with E-state index in [0.717, 1.165) is 5.92 Å². The fourth-order valence-corrected chi connectivity index (χ4v) is 7.16. The van der Waals surface area contributed by atoms with E-state index >= 15 is 0 Å². The summed E-state index contributed by atoms with van der Waals surface area (Å²) in [5.41, 5.74) is 8.48. The number of allylic oxidation sites excluding steroid dienone is 2. The van der Waals surface area contributed by atoms with E-state index in [4.69, 9.17) is 0 Å². The average molecular weight is 414 g/mol. The Labute approximate surface area is 189 Å². The molecule has 0 saturated heterocycles. The first kappa shape index (κ1) is 17.3. The summed E-state index contributed by atoms with van der Waals surface area (Å²) in [5, 5.41) is 0. The van der Waals surface area contributed by atoms with E-state index in [0.29, 0.717) is 17.9 Å². The molecule has 2 aromatic carbocycles. The Bertz CT molecular complexity index is 1320. The van der Waals surface area contributed by atoms with Gasteiger partial charge >= 0.3 is 0 Å². The number of pyridine rings is 1. The molecule has 1 fully saturated rings. The molecule has 0 amide bonds. The second-order valence-corrected chi connectivity index (χ2v) is 10.00. The lowest BCUT2D eigenvalue weighted by atomic mass is 9.72. The van der Waals surface area contributed by atoms with Crippen molar-refractivity contribution in [2.75, 3.05) is 4.90 Å². The highest BCUT2D eigenvalue weighted by Crippen LogP contribution is 2.58. The number of benzene rings is 2. The van der Waals surface area contributed by atoms with E-state index in [1.165, 1.54) is 65.5 Å². The maximum Gasteiger partial charge on any atom is 0.142 e. The molecule has 2 heteroatoms. The van der Waals surface area contributed by atoms with Crippen LogP contribution in [0.15, 0.2) is 78.9 Å². The molecule has 32 heavy (non-hydrogen) atoms. The fraction of sp³-hybridized carbons (Fsp3) is 0.267. The monoisotopic (exact) mass is 413 g/mol. The molecule has 4 unspecified atom stereocenters. The normalized spacial score (nSPS) is 27.8. The first-order valence-electron chi connectivity index (χ1n) is 12.1. The van der Waals surface area contributed by atoms with E-state index in [-0.39, 0.29) is 0 Å². The Morgan fingerprint density at radius 2 is 1.84 bits per heavy atom. The molecule has 3 heterocycles. The van der Waals surface area contributed by atoms with Crippen LogP contribution in [0.4, 0.5) is 11.5 Å². The lowest BCUT2D eigenvalue weighted by molar-refractivity contribution is -0.652. The topological polar surface area (TPSA) is 7.12 Å². The van der Waals surface area contributed by atoms with Crippen LogP contribution in [0.1, 0.15) is 41.9 Å². The van der Waals surface area contributed by atoms with E-state index < -0.39 is 0 Å². The predicted octanol–water partition coefficient (Wildman–Crippen LogP) is 5.89. The van der Waals surface area contributed by atoms with E-state index in [1.807, 2.05) is 0 Å². The standard InChI is InChI=1S/C30H25N2/c1-2-7-19(8-3-1)22-14-16-27-31(18-22)29-23-11-6-9-20(23)17-21-13-15-25-24-10-4-5-12-26(24)32(27)30(25)28(21)29/h1-5,7-8,10,12-16,20,23-24,26H,6,9,11,17H2/q-1. The van der Waals surface area contributed by atoms with Gasteiger partial charge in [-0.2, -0.15) is 11.6 Å². The highest BCUT2D eigenvalue weighted by molar-refractivity contribution is 5.81. The number of nitrogens with zero attached hydrogens (tertiary/aromatic N) is 2. The third kappa shape index (κ3) is 2.11. The smallest absolute Gasteiger partial charge is 0.142 e. The molecule has 5 aliphatic rings. The van der Waals surface area contributed by atoms with Crippen molar-refractivity contribution >= 4 is 11.5 Å². The quantitative estimate of drug-likeness (QED) is 0.357. The van der Waals surface area contributed by atoms with Gasteiger partial charge in [-0.15, -0.1) is 23.8 Å². The van der Waals surface area contributed by atoms with Gasteiger partial charge in [0.05, 0.1) is 0 Å². The van der Waals surface area contributed by atoms with Crippen molar-refractivity contribution in [1.29, 1.82) is 0 Å².